The van der Waals surface area contributed by atoms with Crippen LogP contribution < -0.4 is 0 Å². The minimum atomic E-state index is -0.269. The van der Waals surface area contributed by atoms with Crippen LogP contribution in [0.1, 0.15) is 85.9 Å². The average Bonchev–Trinajstić information content (AvgIpc) is 2.84. The van der Waals surface area contributed by atoms with Gasteiger partial charge in [0.25, 0.3) is 0 Å². The third-order valence-corrected chi connectivity index (χ3v) is 5.43. The number of oxime groups is 2. The zero-order chi connectivity index (χ0) is 23.3. The van der Waals surface area contributed by atoms with Gasteiger partial charge in [-0.15, -0.1) is 0 Å². The lowest BCUT2D eigenvalue weighted by Crippen LogP contribution is -2.14. The Hall–Kier alpha value is -3.28. The van der Waals surface area contributed by atoms with Crippen LogP contribution in [0.5, 0.6) is 0 Å². The Kier molecular flexibility index (Phi) is 10.3. The van der Waals surface area contributed by atoms with E-state index >= 15 is 0 Å². The molecule has 0 aliphatic carbocycles. The summed E-state index contributed by atoms with van der Waals surface area (Å²) in [7, 11) is 0. The van der Waals surface area contributed by atoms with Crippen LogP contribution in [0.25, 0.3) is 11.1 Å². The van der Waals surface area contributed by atoms with Crippen molar-refractivity contribution < 1.29 is 20.0 Å². The molecule has 0 aromatic heterocycles. The van der Waals surface area contributed by atoms with E-state index in [0.717, 1.165) is 49.7 Å². The third-order valence-electron chi connectivity index (χ3n) is 5.43. The number of unbranched alkanes of at least 4 members (excludes halogenated alkanes) is 4. The standard InChI is InChI=1S/C26H32N2O4/c1-3-5-7-9-23(27-31)25(29)21-15-11-19(12-16-21)20-13-17-22(18-14-20)26(30)24(28-32)10-8-6-4-2/h11-18,31-32H,3-10H2,1-2H3. The summed E-state index contributed by atoms with van der Waals surface area (Å²) >= 11 is 0. The van der Waals surface area contributed by atoms with Gasteiger partial charge in [-0.1, -0.05) is 98.4 Å². The maximum Gasteiger partial charge on any atom is 0.210 e. The normalized spacial score (nSPS) is 12.1. The maximum absolute atomic E-state index is 12.6. The summed E-state index contributed by atoms with van der Waals surface area (Å²) in [6, 6.07) is 14.2. The van der Waals surface area contributed by atoms with Gasteiger partial charge < -0.3 is 10.4 Å². The highest BCUT2D eigenvalue weighted by atomic mass is 16.4. The zero-order valence-corrected chi connectivity index (χ0v) is 18.9. The van der Waals surface area contributed by atoms with E-state index in [-0.39, 0.29) is 23.0 Å². The molecule has 2 N–H and O–H groups in total. The molecule has 6 heteroatoms. The number of rotatable bonds is 13. The van der Waals surface area contributed by atoms with E-state index in [1.165, 1.54) is 0 Å². The third kappa shape index (κ3) is 6.87. The van der Waals surface area contributed by atoms with Crippen LogP contribution in [0, 0.1) is 0 Å². The number of benzene rings is 2. The molecule has 0 saturated carbocycles. The van der Waals surface area contributed by atoms with Crippen LogP contribution in [0.15, 0.2) is 58.8 Å². The largest absolute Gasteiger partial charge is 0.411 e. The molecule has 0 unspecified atom stereocenters. The molecule has 0 aliphatic rings. The molecule has 0 spiro atoms. The van der Waals surface area contributed by atoms with Crippen molar-refractivity contribution in [2.45, 2.75) is 65.2 Å². The number of ketones is 2. The summed E-state index contributed by atoms with van der Waals surface area (Å²) in [5.74, 6) is -0.537. The van der Waals surface area contributed by atoms with Crippen molar-refractivity contribution in [3.63, 3.8) is 0 Å². The van der Waals surface area contributed by atoms with Crippen molar-refractivity contribution >= 4 is 23.0 Å². The zero-order valence-electron chi connectivity index (χ0n) is 18.9. The van der Waals surface area contributed by atoms with Crippen molar-refractivity contribution in [3.8, 4) is 11.1 Å². The quantitative estimate of drug-likeness (QED) is 0.122. The van der Waals surface area contributed by atoms with Crippen molar-refractivity contribution in [1.82, 2.24) is 0 Å². The Morgan fingerprint density at radius 1 is 0.625 bits per heavy atom. The van der Waals surface area contributed by atoms with Crippen LogP contribution in [0.3, 0.4) is 0 Å². The lowest BCUT2D eigenvalue weighted by Gasteiger charge is -2.07. The summed E-state index contributed by atoms with van der Waals surface area (Å²) in [5, 5.41) is 24.8. The van der Waals surface area contributed by atoms with Crippen molar-refractivity contribution in [2.75, 3.05) is 0 Å². The summed E-state index contributed by atoms with van der Waals surface area (Å²) in [6.45, 7) is 4.15. The lowest BCUT2D eigenvalue weighted by molar-refractivity contribution is 0.105. The first-order valence-electron chi connectivity index (χ1n) is 11.3. The van der Waals surface area contributed by atoms with Crippen LogP contribution in [0.4, 0.5) is 0 Å². The molecule has 0 saturated heterocycles. The van der Waals surface area contributed by atoms with Crippen LogP contribution in [-0.4, -0.2) is 33.4 Å². The van der Waals surface area contributed by atoms with E-state index in [2.05, 4.69) is 24.2 Å². The predicted octanol–water partition coefficient (Wildman–Crippen LogP) is 6.54. The molecule has 0 atom stereocenters. The second-order valence-corrected chi connectivity index (χ2v) is 7.82. The molecular weight excluding hydrogens is 404 g/mol. The Balaban J connectivity index is 2.08. The fourth-order valence-electron chi connectivity index (χ4n) is 3.46. The first-order valence-corrected chi connectivity index (χ1v) is 11.3. The molecular formula is C26H32N2O4. The second-order valence-electron chi connectivity index (χ2n) is 7.82. The van der Waals surface area contributed by atoms with Crippen LogP contribution in [0.2, 0.25) is 0 Å². The molecule has 170 valence electrons. The maximum atomic E-state index is 12.6. The Bertz CT molecular complexity index is 865. The van der Waals surface area contributed by atoms with Crippen molar-refractivity contribution in [3.05, 3.63) is 59.7 Å². The molecule has 0 bridgehead atoms. The van der Waals surface area contributed by atoms with E-state index in [1.54, 1.807) is 24.3 Å². The molecule has 0 amide bonds. The van der Waals surface area contributed by atoms with Crippen LogP contribution in [-0.2, 0) is 0 Å². The molecule has 0 aliphatic heterocycles. The second kappa shape index (κ2) is 13.2. The molecule has 0 radical (unpaired) electrons. The molecule has 2 aromatic carbocycles. The topological polar surface area (TPSA) is 99.3 Å². The summed E-state index contributed by atoms with van der Waals surface area (Å²) < 4.78 is 0. The lowest BCUT2D eigenvalue weighted by atomic mass is 9.97. The Morgan fingerprint density at radius 2 is 0.969 bits per heavy atom. The highest BCUT2D eigenvalue weighted by molar-refractivity contribution is 6.46. The van der Waals surface area contributed by atoms with Gasteiger partial charge in [0, 0.05) is 11.1 Å². The molecule has 0 fully saturated rings. The van der Waals surface area contributed by atoms with Crippen molar-refractivity contribution in [1.29, 1.82) is 0 Å². The molecule has 2 aromatic rings. The number of nitrogens with zero attached hydrogens (tertiary/aromatic N) is 2. The minimum absolute atomic E-state index is 0.175. The molecule has 6 nitrogen and oxygen atoms in total. The first kappa shape index (κ1) is 25.0. The summed E-state index contributed by atoms with van der Waals surface area (Å²) in [6.07, 6.45) is 6.55. The van der Waals surface area contributed by atoms with Crippen molar-refractivity contribution in [2.24, 2.45) is 10.3 Å². The molecule has 32 heavy (non-hydrogen) atoms. The fraction of sp³-hybridized carbons (Fsp3) is 0.385. The Morgan fingerprint density at radius 3 is 1.25 bits per heavy atom. The number of carbonyl (C=O) groups excluding carboxylic acids is 2. The monoisotopic (exact) mass is 436 g/mol. The van der Waals surface area contributed by atoms with E-state index < -0.39 is 0 Å². The average molecular weight is 437 g/mol. The molecule has 2 rings (SSSR count). The fourth-order valence-corrected chi connectivity index (χ4v) is 3.46. The van der Waals surface area contributed by atoms with Gasteiger partial charge in [-0.05, 0) is 36.8 Å². The van der Waals surface area contributed by atoms with Gasteiger partial charge in [0.1, 0.15) is 11.4 Å². The number of hydrogen-bond acceptors (Lipinski definition) is 6. The highest BCUT2D eigenvalue weighted by Gasteiger charge is 2.16. The number of Topliss-reactive ketones (excluding diaryl/α,β-unsaturated/α-hetero) is 2. The first-order chi connectivity index (χ1) is 15.5. The SMILES string of the molecule is CCCCCC(=NO)C(=O)c1ccc(-c2ccc(C(=O)C(CCCCC)=NO)cc2)cc1. The number of hydrogen-bond donors (Lipinski definition) is 2. The van der Waals surface area contributed by atoms with E-state index in [9.17, 15) is 20.0 Å². The predicted molar refractivity (Wildman–Crippen MR) is 127 cm³/mol. The summed E-state index contributed by atoms with van der Waals surface area (Å²) in [4.78, 5) is 25.1. The van der Waals surface area contributed by atoms with E-state index in [4.69, 9.17) is 0 Å². The number of carbonyl (C=O) groups is 2. The van der Waals surface area contributed by atoms with Gasteiger partial charge in [-0.2, -0.15) is 0 Å². The van der Waals surface area contributed by atoms with E-state index in [0.29, 0.717) is 24.0 Å². The van der Waals surface area contributed by atoms with Gasteiger partial charge in [0.15, 0.2) is 0 Å². The van der Waals surface area contributed by atoms with Gasteiger partial charge >= 0.3 is 0 Å². The Labute approximate surface area is 189 Å². The van der Waals surface area contributed by atoms with Crippen LogP contribution >= 0.6 is 0 Å². The minimum Gasteiger partial charge on any atom is -0.411 e. The van der Waals surface area contributed by atoms with Gasteiger partial charge in [0.05, 0.1) is 0 Å². The highest BCUT2D eigenvalue weighted by Crippen LogP contribution is 2.22. The van der Waals surface area contributed by atoms with Gasteiger partial charge in [-0.25, -0.2) is 0 Å². The smallest absolute Gasteiger partial charge is 0.210 e. The molecule has 0 heterocycles. The van der Waals surface area contributed by atoms with E-state index in [1.807, 2.05) is 24.3 Å². The van der Waals surface area contributed by atoms with Gasteiger partial charge in [-0.3, -0.25) is 9.59 Å². The van der Waals surface area contributed by atoms with Gasteiger partial charge in [0.2, 0.25) is 11.6 Å². The summed E-state index contributed by atoms with van der Waals surface area (Å²) in [5.41, 5.74) is 3.09.